The van der Waals surface area contributed by atoms with Gasteiger partial charge in [-0.25, -0.2) is 0 Å². The molecule has 0 bridgehead atoms. The van der Waals surface area contributed by atoms with Crippen LogP contribution < -0.4 is 0 Å². The number of aliphatic hydroxyl groups excluding tert-OH is 1. The number of aliphatic carboxylic acids is 1. The Hall–Kier alpha value is -1.27. The predicted molar refractivity (Wildman–Crippen MR) is 95.2 cm³/mol. The second kappa shape index (κ2) is 24.0. The minimum atomic E-state index is -0.711. The molecule has 0 radical (unpaired) electrons. The third kappa shape index (κ3) is 32.6. The van der Waals surface area contributed by atoms with Gasteiger partial charge in [0.05, 0.1) is 0 Å². The second-order valence-corrected chi connectivity index (χ2v) is 5.14. The van der Waals surface area contributed by atoms with Crippen LogP contribution in [-0.2, 0) is 19.1 Å². The molecule has 2 N–H and O–H groups in total. The summed E-state index contributed by atoms with van der Waals surface area (Å²) in [4.78, 5) is 29.8. The van der Waals surface area contributed by atoms with Crippen molar-refractivity contribution in [1.29, 1.82) is 0 Å². The lowest BCUT2D eigenvalue weighted by Gasteiger charge is -1.91. The Balaban J connectivity index is -0.000000245. The van der Waals surface area contributed by atoms with Gasteiger partial charge in [0.15, 0.2) is 5.78 Å². The van der Waals surface area contributed by atoms with Gasteiger partial charge in [-0.05, 0) is 32.6 Å². The van der Waals surface area contributed by atoms with Crippen LogP contribution in [0, 0.1) is 0 Å². The van der Waals surface area contributed by atoms with Gasteiger partial charge in [0.25, 0.3) is 0 Å². The molecule has 0 aromatic heterocycles. The number of Topliss-reactive ketones (excluding diaryl/α,β-unsaturated/α-hetero) is 2. The van der Waals surface area contributed by atoms with Crippen molar-refractivity contribution in [3.63, 3.8) is 0 Å². The highest BCUT2D eigenvalue weighted by Crippen LogP contribution is 2.11. The third-order valence-corrected chi connectivity index (χ3v) is 2.75. The number of rotatable bonds is 7. The maximum atomic E-state index is 10.2. The zero-order valence-electron chi connectivity index (χ0n) is 15.8. The number of hydrogen-bond acceptors (Lipinski definition) is 5. The van der Waals surface area contributed by atoms with E-state index < -0.39 is 5.97 Å². The molecule has 0 spiro atoms. The first-order valence-corrected chi connectivity index (χ1v) is 8.83. The molecule has 0 aromatic rings. The molecule has 1 aliphatic rings. The first-order chi connectivity index (χ1) is 11.4. The van der Waals surface area contributed by atoms with Gasteiger partial charge in [0, 0.05) is 38.9 Å². The largest absolute Gasteiger partial charge is 0.481 e. The van der Waals surface area contributed by atoms with Crippen LogP contribution in [0.1, 0.15) is 79.1 Å². The number of carboxylic acid groups (broad SMARTS) is 1. The Morgan fingerprint density at radius 1 is 1.04 bits per heavy atom. The predicted octanol–water partition coefficient (Wildman–Crippen LogP) is 3.39. The quantitative estimate of drug-likeness (QED) is 0.684. The van der Waals surface area contributed by atoms with Crippen LogP contribution in [0.3, 0.4) is 0 Å². The average Bonchev–Trinajstić information content (AvgIpc) is 3.04. The SMILES string of the molecule is CCC(=O)CO.CCCC(=O)O.CCCOCC.O=C1CCCC1. The number of carbonyl (C=O) groups is 3. The average molecular weight is 348 g/mol. The minimum absolute atomic E-state index is 0.102. The fourth-order valence-corrected chi connectivity index (χ4v) is 1.38. The monoisotopic (exact) mass is 348 g/mol. The first kappa shape index (κ1) is 27.6. The topological polar surface area (TPSA) is 101 Å². The number of aliphatic hydroxyl groups is 1. The van der Waals surface area contributed by atoms with Gasteiger partial charge in [-0.1, -0.05) is 20.8 Å². The van der Waals surface area contributed by atoms with Crippen LogP contribution in [0.15, 0.2) is 0 Å². The maximum absolute atomic E-state index is 10.2. The molecule has 0 amide bonds. The molecule has 0 saturated heterocycles. The summed E-state index contributed by atoms with van der Waals surface area (Å²) in [5.41, 5.74) is 0. The van der Waals surface area contributed by atoms with Crippen molar-refractivity contribution in [2.24, 2.45) is 0 Å². The van der Waals surface area contributed by atoms with Crippen molar-refractivity contribution >= 4 is 17.5 Å². The Labute approximate surface area is 146 Å². The molecule has 0 heterocycles. The number of ketones is 2. The summed E-state index contributed by atoms with van der Waals surface area (Å²) in [6.07, 6.45) is 6.57. The van der Waals surface area contributed by atoms with Gasteiger partial charge >= 0.3 is 5.97 Å². The third-order valence-electron chi connectivity index (χ3n) is 2.75. The minimum Gasteiger partial charge on any atom is -0.481 e. The smallest absolute Gasteiger partial charge is 0.303 e. The molecule has 0 aromatic carbocycles. The zero-order chi connectivity index (χ0) is 19.2. The molecule has 144 valence electrons. The van der Waals surface area contributed by atoms with Crippen LogP contribution in [0.5, 0.6) is 0 Å². The van der Waals surface area contributed by atoms with E-state index >= 15 is 0 Å². The van der Waals surface area contributed by atoms with E-state index in [2.05, 4.69) is 6.92 Å². The molecular formula is C18H36O6. The molecule has 0 atom stereocenters. The Bertz CT molecular complexity index is 282. The highest BCUT2D eigenvalue weighted by Gasteiger charge is 2.07. The first-order valence-electron chi connectivity index (χ1n) is 8.83. The van der Waals surface area contributed by atoms with Gasteiger partial charge in [-0.3, -0.25) is 14.4 Å². The molecule has 1 aliphatic carbocycles. The fourth-order valence-electron chi connectivity index (χ4n) is 1.38. The van der Waals surface area contributed by atoms with Crippen molar-refractivity contribution in [3.05, 3.63) is 0 Å². The number of carboxylic acids is 1. The summed E-state index contributed by atoms with van der Waals surface area (Å²) in [5, 5.41) is 15.9. The maximum Gasteiger partial charge on any atom is 0.303 e. The van der Waals surface area contributed by atoms with Crippen molar-refractivity contribution in [1.82, 2.24) is 0 Å². The highest BCUT2D eigenvalue weighted by atomic mass is 16.5. The molecule has 0 unspecified atom stereocenters. The Kier molecular flexibility index (Phi) is 27.6. The van der Waals surface area contributed by atoms with E-state index in [9.17, 15) is 14.4 Å². The summed E-state index contributed by atoms with van der Waals surface area (Å²) in [5.74, 6) is -0.359. The van der Waals surface area contributed by atoms with Crippen LogP contribution in [0.2, 0.25) is 0 Å². The lowest BCUT2D eigenvalue weighted by atomic mass is 10.3. The molecular weight excluding hydrogens is 312 g/mol. The summed E-state index contributed by atoms with van der Waals surface area (Å²) in [7, 11) is 0. The molecule has 1 saturated carbocycles. The normalized spacial score (nSPS) is 12.0. The molecule has 0 aliphatic heterocycles. The van der Waals surface area contributed by atoms with Crippen molar-refractivity contribution in [3.8, 4) is 0 Å². The standard InChI is InChI=1S/C5H8O.C5H12O.2C4H8O2/c6-5-3-1-2-4-5;1-3-5-6-4-2;1-2-4(6)3-5;1-2-3-4(5)6/h1-4H2;3-5H2,1-2H3;5H,2-3H2,1H3;2-3H2,1H3,(H,5,6). The molecule has 6 nitrogen and oxygen atoms in total. The Morgan fingerprint density at radius 3 is 1.67 bits per heavy atom. The van der Waals surface area contributed by atoms with E-state index in [4.69, 9.17) is 14.9 Å². The van der Waals surface area contributed by atoms with Crippen LogP contribution in [-0.4, -0.2) is 47.6 Å². The van der Waals surface area contributed by atoms with E-state index in [1.165, 1.54) is 0 Å². The highest BCUT2D eigenvalue weighted by molar-refractivity contribution is 5.80. The molecule has 1 rings (SSSR count). The Morgan fingerprint density at radius 2 is 1.58 bits per heavy atom. The van der Waals surface area contributed by atoms with Crippen LogP contribution in [0.4, 0.5) is 0 Å². The van der Waals surface area contributed by atoms with Crippen molar-refractivity contribution < 1.29 is 29.3 Å². The van der Waals surface area contributed by atoms with E-state index in [0.29, 0.717) is 18.6 Å². The van der Waals surface area contributed by atoms with Crippen molar-refractivity contribution in [2.75, 3.05) is 19.8 Å². The summed E-state index contributed by atoms with van der Waals surface area (Å²) in [6.45, 7) is 9.14. The van der Waals surface area contributed by atoms with E-state index in [1.54, 1.807) is 6.92 Å². The lowest BCUT2D eigenvalue weighted by Crippen LogP contribution is -1.99. The zero-order valence-corrected chi connectivity index (χ0v) is 15.8. The lowest BCUT2D eigenvalue weighted by molar-refractivity contribution is -0.137. The van der Waals surface area contributed by atoms with E-state index in [-0.39, 0.29) is 12.4 Å². The van der Waals surface area contributed by atoms with Gasteiger partial charge in [0.2, 0.25) is 0 Å². The van der Waals surface area contributed by atoms with Gasteiger partial charge in [-0.15, -0.1) is 0 Å². The van der Waals surface area contributed by atoms with E-state index in [0.717, 1.165) is 51.7 Å². The second-order valence-electron chi connectivity index (χ2n) is 5.14. The number of hydrogen-bond donors (Lipinski definition) is 2. The van der Waals surface area contributed by atoms with E-state index in [1.807, 2.05) is 13.8 Å². The van der Waals surface area contributed by atoms with Crippen molar-refractivity contribution in [2.45, 2.75) is 79.1 Å². The van der Waals surface area contributed by atoms with Gasteiger partial charge in [0.1, 0.15) is 12.4 Å². The summed E-state index contributed by atoms with van der Waals surface area (Å²) < 4.78 is 4.98. The molecule has 6 heteroatoms. The van der Waals surface area contributed by atoms with Crippen LogP contribution in [0.25, 0.3) is 0 Å². The van der Waals surface area contributed by atoms with Gasteiger partial charge < -0.3 is 14.9 Å². The molecule has 24 heavy (non-hydrogen) atoms. The number of ether oxygens (including phenoxy) is 1. The number of carbonyl (C=O) groups excluding carboxylic acids is 2. The van der Waals surface area contributed by atoms with Crippen LogP contribution >= 0.6 is 0 Å². The fraction of sp³-hybridized carbons (Fsp3) is 0.833. The summed E-state index contributed by atoms with van der Waals surface area (Å²) >= 11 is 0. The molecule has 1 fully saturated rings. The summed E-state index contributed by atoms with van der Waals surface area (Å²) in [6, 6.07) is 0. The van der Waals surface area contributed by atoms with Gasteiger partial charge in [-0.2, -0.15) is 0 Å².